The fraction of sp³-hybridized carbons (Fsp3) is 0.441. The number of methoxy groups -OCH3 is 1. The SMILES string of the molecule is COC(=O)c1ccc(C[C@@]2(C)OC(c3cccc(Cl)c3)C(c3ccc(Cl)cc3)N(C(CS(=O)(=O)C(C)(C)C)C3CC3)C2=O)nc1. The fourth-order valence-electron chi connectivity index (χ4n) is 5.86. The van der Waals surface area contributed by atoms with Gasteiger partial charge in [0.2, 0.25) is 0 Å². The van der Waals surface area contributed by atoms with E-state index in [1.165, 1.54) is 13.3 Å². The molecule has 3 aromatic rings. The molecule has 0 spiro atoms. The maximum atomic E-state index is 14.9. The first-order chi connectivity index (χ1) is 21.1. The van der Waals surface area contributed by atoms with Crippen molar-refractivity contribution in [2.24, 2.45) is 5.92 Å². The molecule has 1 saturated heterocycles. The second-order valence-corrected chi connectivity index (χ2v) is 16.7. The Bertz CT molecular complexity index is 1670. The number of carbonyl (C=O) groups is 2. The molecule has 0 radical (unpaired) electrons. The van der Waals surface area contributed by atoms with E-state index in [-0.39, 0.29) is 29.6 Å². The average molecular weight is 674 g/mol. The number of esters is 1. The number of ether oxygens (including phenoxy) is 2. The first-order valence-corrected chi connectivity index (χ1v) is 17.3. The molecule has 1 amide bonds. The molecular formula is C34H38Cl2N2O6S. The summed E-state index contributed by atoms with van der Waals surface area (Å²) in [6.45, 7) is 6.78. The number of aromatic nitrogens is 1. The molecule has 2 aromatic carbocycles. The van der Waals surface area contributed by atoms with Gasteiger partial charge in [-0.25, -0.2) is 13.2 Å². The van der Waals surface area contributed by atoms with Crippen molar-refractivity contribution in [2.75, 3.05) is 12.9 Å². The molecule has 1 saturated carbocycles. The van der Waals surface area contributed by atoms with Crippen molar-refractivity contribution in [3.63, 3.8) is 0 Å². The largest absolute Gasteiger partial charge is 0.465 e. The van der Waals surface area contributed by atoms with Gasteiger partial charge in [0, 0.05) is 34.4 Å². The Morgan fingerprint density at radius 1 is 1.07 bits per heavy atom. The van der Waals surface area contributed by atoms with Crippen molar-refractivity contribution < 1.29 is 27.5 Å². The van der Waals surface area contributed by atoms with Crippen LogP contribution in [-0.4, -0.2) is 59.4 Å². The lowest BCUT2D eigenvalue weighted by Gasteiger charge is -2.52. The normalized spacial score (nSPS) is 23.1. The second-order valence-electron chi connectivity index (χ2n) is 13.0. The summed E-state index contributed by atoms with van der Waals surface area (Å²) in [7, 11) is -2.33. The maximum Gasteiger partial charge on any atom is 0.339 e. The van der Waals surface area contributed by atoms with E-state index in [0.29, 0.717) is 15.7 Å². The number of pyridine rings is 1. The predicted molar refractivity (Wildman–Crippen MR) is 174 cm³/mol. The van der Waals surface area contributed by atoms with E-state index < -0.39 is 44.3 Å². The zero-order chi connectivity index (χ0) is 32.7. The van der Waals surface area contributed by atoms with Gasteiger partial charge in [-0.1, -0.05) is 47.5 Å². The van der Waals surface area contributed by atoms with E-state index in [0.717, 1.165) is 24.0 Å². The van der Waals surface area contributed by atoms with Crippen molar-refractivity contribution in [3.05, 3.63) is 99.3 Å². The predicted octanol–water partition coefficient (Wildman–Crippen LogP) is 6.81. The van der Waals surface area contributed by atoms with E-state index in [9.17, 15) is 18.0 Å². The molecule has 5 rings (SSSR count). The Kier molecular flexibility index (Phi) is 9.40. The van der Waals surface area contributed by atoms with Crippen molar-refractivity contribution >= 4 is 44.9 Å². The van der Waals surface area contributed by atoms with Gasteiger partial charge in [0.25, 0.3) is 5.91 Å². The number of sulfone groups is 1. The fourth-order valence-corrected chi connectivity index (χ4v) is 7.56. The molecule has 8 nitrogen and oxygen atoms in total. The van der Waals surface area contributed by atoms with Gasteiger partial charge in [0.15, 0.2) is 15.4 Å². The van der Waals surface area contributed by atoms with E-state index in [2.05, 4.69) is 4.98 Å². The number of hydrogen-bond donors (Lipinski definition) is 0. The summed E-state index contributed by atoms with van der Waals surface area (Å²) in [6, 6.07) is 16.5. The molecule has 2 aliphatic rings. The van der Waals surface area contributed by atoms with E-state index >= 15 is 0 Å². The molecule has 0 bridgehead atoms. The van der Waals surface area contributed by atoms with Gasteiger partial charge in [-0.05, 0) is 94.0 Å². The summed E-state index contributed by atoms with van der Waals surface area (Å²) in [5, 5.41) is 1.04. The van der Waals surface area contributed by atoms with Crippen molar-refractivity contribution in [1.82, 2.24) is 9.88 Å². The number of benzene rings is 2. The lowest BCUT2D eigenvalue weighted by molar-refractivity contribution is -0.202. The molecule has 0 N–H and O–H groups in total. The Hall–Kier alpha value is -2.98. The Labute approximate surface area is 274 Å². The number of nitrogens with zero attached hydrogens (tertiary/aromatic N) is 2. The second kappa shape index (κ2) is 12.7. The molecule has 45 heavy (non-hydrogen) atoms. The topological polar surface area (TPSA) is 103 Å². The number of carbonyl (C=O) groups excluding carboxylic acids is 2. The highest BCUT2D eigenvalue weighted by Crippen LogP contribution is 2.50. The highest BCUT2D eigenvalue weighted by atomic mass is 35.5. The molecule has 1 aromatic heterocycles. The molecule has 11 heteroatoms. The lowest BCUT2D eigenvalue weighted by atomic mass is 9.85. The molecule has 2 heterocycles. The molecule has 2 fully saturated rings. The Morgan fingerprint density at radius 2 is 1.76 bits per heavy atom. The molecular weight excluding hydrogens is 635 g/mol. The van der Waals surface area contributed by atoms with Crippen LogP contribution >= 0.6 is 23.2 Å². The Morgan fingerprint density at radius 3 is 2.31 bits per heavy atom. The van der Waals surface area contributed by atoms with Crippen LogP contribution < -0.4 is 0 Å². The highest BCUT2D eigenvalue weighted by Gasteiger charge is 2.56. The third-order valence-electron chi connectivity index (χ3n) is 8.66. The molecule has 3 unspecified atom stereocenters. The minimum Gasteiger partial charge on any atom is -0.465 e. The van der Waals surface area contributed by atoms with E-state index in [4.69, 9.17) is 32.7 Å². The standard InChI is InChI=1S/C34H38Cl2N2O6S/c1-33(2,3)45(41,42)20-28(21-9-10-21)38-29(22-11-14-25(35)15-12-22)30(23-7-6-8-26(36)17-23)44-34(4,32(38)40)18-27-16-13-24(19-37-27)31(39)43-5/h6-8,11-17,19,21,28-30H,9-10,18,20H2,1-5H3/t28?,29?,30?,34-/m1/s1. The van der Waals surface area contributed by atoms with Crippen molar-refractivity contribution in [1.29, 1.82) is 0 Å². The number of amides is 1. The van der Waals surface area contributed by atoms with Crippen LogP contribution in [0.5, 0.6) is 0 Å². The summed E-state index contributed by atoms with van der Waals surface area (Å²) in [5.74, 6) is -1.02. The molecule has 240 valence electrons. The van der Waals surface area contributed by atoms with Crippen LogP contribution in [0.1, 0.15) is 79.9 Å². The highest BCUT2D eigenvalue weighted by molar-refractivity contribution is 7.92. The monoisotopic (exact) mass is 672 g/mol. The minimum atomic E-state index is -3.62. The van der Waals surface area contributed by atoms with Crippen LogP contribution in [0, 0.1) is 5.92 Å². The van der Waals surface area contributed by atoms with Crippen molar-refractivity contribution in [2.45, 2.75) is 75.5 Å². The third-order valence-corrected chi connectivity index (χ3v) is 11.8. The zero-order valence-electron chi connectivity index (χ0n) is 26.0. The van der Waals surface area contributed by atoms with Crippen LogP contribution in [0.15, 0.2) is 66.9 Å². The maximum absolute atomic E-state index is 14.9. The third kappa shape index (κ3) is 7.07. The van der Waals surface area contributed by atoms with Gasteiger partial charge >= 0.3 is 5.97 Å². The molecule has 4 atom stereocenters. The summed E-state index contributed by atoms with van der Waals surface area (Å²) in [6.07, 6.45) is 2.41. The van der Waals surface area contributed by atoms with Gasteiger partial charge in [0.05, 0.1) is 29.2 Å². The number of halogens is 2. The quantitative estimate of drug-likeness (QED) is 0.230. The average Bonchev–Trinajstić information content (AvgIpc) is 3.83. The summed E-state index contributed by atoms with van der Waals surface area (Å²) >= 11 is 12.8. The smallest absolute Gasteiger partial charge is 0.339 e. The number of hydrogen-bond acceptors (Lipinski definition) is 7. The van der Waals surface area contributed by atoms with Gasteiger partial charge in [-0.15, -0.1) is 0 Å². The van der Waals surface area contributed by atoms with Crippen LogP contribution in [-0.2, 0) is 30.5 Å². The minimum absolute atomic E-state index is 0.0145. The van der Waals surface area contributed by atoms with Gasteiger partial charge in [-0.3, -0.25) is 9.78 Å². The molecule has 1 aliphatic carbocycles. The van der Waals surface area contributed by atoms with Crippen molar-refractivity contribution in [3.8, 4) is 0 Å². The summed E-state index contributed by atoms with van der Waals surface area (Å²) < 4.78 is 38.1. The summed E-state index contributed by atoms with van der Waals surface area (Å²) in [5.41, 5.74) is 0.879. The van der Waals surface area contributed by atoms with E-state index in [1.54, 1.807) is 62.9 Å². The number of rotatable bonds is 9. The van der Waals surface area contributed by atoms with E-state index in [1.807, 2.05) is 30.3 Å². The Balaban J connectivity index is 1.67. The lowest BCUT2D eigenvalue weighted by Crippen LogP contribution is -2.62. The van der Waals surface area contributed by atoms with Crippen LogP contribution in [0.3, 0.4) is 0 Å². The van der Waals surface area contributed by atoms with Crippen LogP contribution in [0.25, 0.3) is 0 Å². The zero-order valence-corrected chi connectivity index (χ0v) is 28.3. The summed E-state index contributed by atoms with van der Waals surface area (Å²) in [4.78, 5) is 33.1. The van der Waals surface area contributed by atoms with Crippen LogP contribution in [0.4, 0.5) is 0 Å². The number of morpholine rings is 1. The first kappa shape index (κ1) is 33.4. The van der Waals surface area contributed by atoms with Crippen LogP contribution in [0.2, 0.25) is 10.0 Å². The van der Waals surface area contributed by atoms with Gasteiger partial charge in [0.1, 0.15) is 6.10 Å². The van der Waals surface area contributed by atoms with Gasteiger partial charge in [-0.2, -0.15) is 0 Å². The molecule has 1 aliphatic heterocycles. The van der Waals surface area contributed by atoms with Gasteiger partial charge < -0.3 is 14.4 Å². The first-order valence-electron chi connectivity index (χ1n) is 14.9.